The first-order valence-corrected chi connectivity index (χ1v) is 9.22. The summed E-state index contributed by atoms with van der Waals surface area (Å²) in [5, 5.41) is 12.1. The molecule has 136 valence electrons. The number of nitrogens with zero attached hydrogens (tertiary/aromatic N) is 2. The third kappa shape index (κ3) is 4.49. The largest absolute Gasteiger partial charge is 0.374 e. The number of anilines is 1. The molecule has 0 aliphatic carbocycles. The van der Waals surface area contributed by atoms with Crippen molar-refractivity contribution in [3.63, 3.8) is 0 Å². The number of carbonyl (C=O) groups is 1. The molecule has 1 heterocycles. The Morgan fingerprint density at radius 2 is 1.93 bits per heavy atom. The number of nitriles is 1. The Morgan fingerprint density at radius 1 is 1.15 bits per heavy atom. The lowest BCUT2D eigenvalue weighted by atomic mass is 9.99. The van der Waals surface area contributed by atoms with E-state index in [9.17, 15) is 4.79 Å². The molecule has 1 amide bonds. The molecule has 0 spiro atoms. The molecule has 0 bridgehead atoms. The standard InChI is InChI=1S/C23H23N3O/c1-17-14-22(23(27)26-11-3-4-12-26)18(2)13-20(17)8-6-10-25-21-9-5-7-19(15-21)16-24/h5,7,9,13-15,25H,3-4,10-12H2,1-2H3. The van der Waals surface area contributed by atoms with Crippen molar-refractivity contribution in [2.75, 3.05) is 25.0 Å². The lowest BCUT2D eigenvalue weighted by Crippen LogP contribution is -2.28. The third-order valence-corrected chi connectivity index (χ3v) is 4.79. The lowest BCUT2D eigenvalue weighted by Gasteiger charge is -2.17. The summed E-state index contributed by atoms with van der Waals surface area (Å²) in [6, 6.07) is 13.4. The summed E-state index contributed by atoms with van der Waals surface area (Å²) in [4.78, 5) is 14.6. The number of amides is 1. The molecule has 0 unspecified atom stereocenters. The molecule has 2 aromatic carbocycles. The number of rotatable bonds is 3. The second kappa shape index (κ2) is 8.43. The van der Waals surface area contributed by atoms with E-state index in [1.165, 1.54) is 0 Å². The zero-order valence-corrected chi connectivity index (χ0v) is 15.8. The van der Waals surface area contributed by atoms with Gasteiger partial charge in [-0.1, -0.05) is 17.9 Å². The SMILES string of the molecule is Cc1cc(C(=O)N2CCCC2)c(C)cc1C#CCNc1cccc(C#N)c1. The highest BCUT2D eigenvalue weighted by Crippen LogP contribution is 2.20. The van der Waals surface area contributed by atoms with Gasteiger partial charge in [-0.3, -0.25) is 4.79 Å². The molecule has 0 saturated carbocycles. The number of likely N-dealkylation sites (tertiary alicyclic amines) is 1. The van der Waals surface area contributed by atoms with Crippen LogP contribution in [0.3, 0.4) is 0 Å². The van der Waals surface area contributed by atoms with Crippen molar-refractivity contribution < 1.29 is 4.79 Å². The zero-order chi connectivity index (χ0) is 19.2. The summed E-state index contributed by atoms with van der Waals surface area (Å²) >= 11 is 0. The number of hydrogen-bond acceptors (Lipinski definition) is 3. The summed E-state index contributed by atoms with van der Waals surface area (Å²) in [6.45, 7) is 6.17. The van der Waals surface area contributed by atoms with E-state index in [4.69, 9.17) is 5.26 Å². The second-order valence-corrected chi connectivity index (χ2v) is 6.83. The van der Waals surface area contributed by atoms with E-state index < -0.39 is 0 Å². The third-order valence-electron chi connectivity index (χ3n) is 4.79. The minimum Gasteiger partial charge on any atom is -0.374 e. The zero-order valence-electron chi connectivity index (χ0n) is 15.8. The fourth-order valence-electron chi connectivity index (χ4n) is 3.26. The Balaban J connectivity index is 1.69. The maximum atomic E-state index is 12.7. The minimum atomic E-state index is 0.131. The van der Waals surface area contributed by atoms with Crippen molar-refractivity contribution in [3.8, 4) is 17.9 Å². The average Bonchev–Trinajstić information content (AvgIpc) is 3.22. The van der Waals surface area contributed by atoms with E-state index in [1.54, 1.807) is 12.1 Å². The normalized spacial score (nSPS) is 12.9. The molecule has 0 atom stereocenters. The van der Waals surface area contributed by atoms with Crippen LogP contribution in [-0.4, -0.2) is 30.4 Å². The fourth-order valence-corrected chi connectivity index (χ4v) is 3.26. The summed E-state index contributed by atoms with van der Waals surface area (Å²) in [7, 11) is 0. The topological polar surface area (TPSA) is 56.1 Å². The monoisotopic (exact) mass is 357 g/mol. The number of nitrogens with one attached hydrogen (secondary N) is 1. The van der Waals surface area contributed by atoms with Crippen molar-refractivity contribution in [1.29, 1.82) is 5.26 Å². The van der Waals surface area contributed by atoms with Crippen LogP contribution in [0.5, 0.6) is 0 Å². The van der Waals surface area contributed by atoms with Gasteiger partial charge >= 0.3 is 0 Å². The van der Waals surface area contributed by atoms with Crippen LogP contribution in [0.25, 0.3) is 0 Å². The first kappa shape index (κ1) is 18.5. The van der Waals surface area contributed by atoms with Crippen LogP contribution in [-0.2, 0) is 0 Å². The summed E-state index contributed by atoms with van der Waals surface area (Å²) < 4.78 is 0. The van der Waals surface area contributed by atoms with Gasteiger partial charge in [0.1, 0.15) is 0 Å². The van der Waals surface area contributed by atoms with Crippen molar-refractivity contribution >= 4 is 11.6 Å². The van der Waals surface area contributed by atoms with Gasteiger partial charge in [-0.15, -0.1) is 0 Å². The van der Waals surface area contributed by atoms with Crippen molar-refractivity contribution in [3.05, 3.63) is 64.2 Å². The van der Waals surface area contributed by atoms with Gasteiger partial charge in [0, 0.05) is 29.9 Å². The summed E-state index contributed by atoms with van der Waals surface area (Å²) in [5.74, 6) is 6.44. The molecule has 1 aliphatic heterocycles. The van der Waals surface area contributed by atoms with E-state index in [0.29, 0.717) is 12.1 Å². The molecule has 1 fully saturated rings. The average molecular weight is 357 g/mol. The highest BCUT2D eigenvalue weighted by Gasteiger charge is 2.21. The van der Waals surface area contributed by atoms with Crippen LogP contribution in [0.2, 0.25) is 0 Å². The molecule has 2 aromatic rings. The number of benzene rings is 2. The molecule has 4 nitrogen and oxygen atoms in total. The van der Waals surface area contributed by atoms with E-state index >= 15 is 0 Å². The first-order chi connectivity index (χ1) is 13.1. The molecule has 0 aromatic heterocycles. The maximum Gasteiger partial charge on any atom is 0.254 e. The minimum absolute atomic E-state index is 0.131. The van der Waals surface area contributed by atoms with Crippen LogP contribution in [0.1, 0.15) is 45.5 Å². The molecule has 1 saturated heterocycles. The van der Waals surface area contributed by atoms with Crippen LogP contribution in [0.15, 0.2) is 36.4 Å². The second-order valence-electron chi connectivity index (χ2n) is 6.83. The van der Waals surface area contributed by atoms with Crippen molar-refractivity contribution in [2.24, 2.45) is 0 Å². The smallest absolute Gasteiger partial charge is 0.254 e. The van der Waals surface area contributed by atoms with Gasteiger partial charge in [-0.2, -0.15) is 5.26 Å². The number of hydrogen-bond donors (Lipinski definition) is 1. The molecule has 3 rings (SSSR count). The fraction of sp³-hybridized carbons (Fsp3) is 0.304. The van der Waals surface area contributed by atoms with E-state index in [2.05, 4.69) is 23.2 Å². The summed E-state index contributed by atoms with van der Waals surface area (Å²) in [5.41, 5.74) is 5.21. The van der Waals surface area contributed by atoms with E-state index in [-0.39, 0.29) is 5.91 Å². The molecular weight excluding hydrogens is 334 g/mol. The van der Waals surface area contributed by atoms with Gasteiger partial charge in [0.2, 0.25) is 0 Å². The Kier molecular flexibility index (Phi) is 5.79. The lowest BCUT2D eigenvalue weighted by molar-refractivity contribution is 0.0792. The van der Waals surface area contributed by atoms with Gasteiger partial charge < -0.3 is 10.2 Å². The predicted octanol–water partition coefficient (Wildman–Crippen LogP) is 3.87. The number of aryl methyl sites for hydroxylation is 2. The van der Waals surface area contributed by atoms with Crippen LogP contribution in [0, 0.1) is 37.0 Å². The van der Waals surface area contributed by atoms with Crippen LogP contribution < -0.4 is 5.32 Å². The van der Waals surface area contributed by atoms with Gasteiger partial charge in [0.15, 0.2) is 0 Å². The molecule has 1 N–H and O–H groups in total. The molecule has 27 heavy (non-hydrogen) atoms. The summed E-state index contributed by atoms with van der Waals surface area (Å²) in [6.07, 6.45) is 2.19. The van der Waals surface area contributed by atoms with Gasteiger partial charge in [-0.25, -0.2) is 0 Å². The van der Waals surface area contributed by atoms with Crippen LogP contribution >= 0.6 is 0 Å². The Labute approximate surface area is 160 Å². The predicted molar refractivity (Wildman–Crippen MR) is 108 cm³/mol. The molecule has 0 radical (unpaired) electrons. The Morgan fingerprint density at radius 3 is 2.67 bits per heavy atom. The van der Waals surface area contributed by atoms with Crippen LogP contribution in [0.4, 0.5) is 5.69 Å². The van der Waals surface area contributed by atoms with Gasteiger partial charge in [0.05, 0.1) is 18.2 Å². The molecule has 4 heteroatoms. The quantitative estimate of drug-likeness (QED) is 0.848. The Hall–Kier alpha value is -3.24. The highest BCUT2D eigenvalue weighted by molar-refractivity contribution is 5.96. The van der Waals surface area contributed by atoms with Crippen molar-refractivity contribution in [2.45, 2.75) is 26.7 Å². The van der Waals surface area contributed by atoms with E-state index in [0.717, 1.165) is 53.9 Å². The number of carbonyl (C=O) groups excluding carboxylic acids is 1. The van der Waals surface area contributed by atoms with Gasteiger partial charge in [0.25, 0.3) is 5.91 Å². The molecular formula is C23H23N3O. The highest BCUT2D eigenvalue weighted by atomic mass is 16.2. The molecule has 1 aliphatic rings. The van der Waals surface area contributed by atoms with Gasteiger partial charge in [-0.05, 0) is 68.1 Å². The Bertz CT molecular complexity index is 954. The first-order valence-electron chi connectivity index (χ1n) is 9.22. The van der Waals surface area contributed by atoms with Crippen molar-refractivity contribution in [1.82, 2.24) is 4.90 Å². The maximum absolute atomic E-state index is 12.7. The van der Waals surface area contributed by atoms with E-state index in [1.807, 2.05) is 43.0 Å².